The van der Waals surface area contributed by atoms with Gasteiger partial charge in [-0.1, -0.05) is 39.3 Å². The molecule has 2 heteroatoms. The van der Waals surface area contributed by atoms with Crippen LogP contribution in [-0.4, -0.2) is 12.2 Å². The lowest BCUT2D eigenvalue weighted by Crippen LogP contribution is -2.43. The molecule has 1 aromatic carbocycles. The molecule has 1 aromatic rings. The molecule has 1 aliphatic rings. The monoisotopic (exact) mass is 262 g/mol. The van der Waals surface area contributed by atoms with Crippen LogP contribution in [0.1, 0.15) is 45.6 Å². The lowest BCUT2D eigenvalue weighted by Gasteiger charge is -2.45. The molecule has 0 spiro atoms. The first-order valence-electron chi connectivity index (χ1n) is 7.34. The fourth-order valence-corrected chi connectivity index (χ4v) is 3.58. The minimum atomic E-state index is -0.682. The Hall–Kier alpha value is -1.02. The fraction of sp³-hybridized carbons (Fsp3) is 0.647. The van der Waals surface area contributed by atoms with E-state index in [-0.39, 0.29) is 0 Å². The van der Waals surface area contributed by atoms with Crippen LogP contribution in [0.15, 0.2) is 24.3 Å². The predicted molar refractivity (Wildman–Crippen MR) is 78.2 cm³/mol. The second kappa shape index (κ2) is 5.54. The highest BCUT2D eigenvalue weighted by Gasteiger charge is 2.43. The number of methoxy groups -OCH3 is 1. The van der Waals surface area contributed by atoms with Crippen LogP contribution in [-0.2, 0) is 5.60 Å². The highest BCUT2D eigenvalue weighted by molar-refractivity contribution is 5.32. The zero-order chi connectivity index (χ0) is 14.0. The van der Waals surface area contributed by atoms with E-state index in [1.165, 1.54) is 6.42 Å². The number of aliphatic hydroxyl groups is 1. The molecule has 0 bridgehead atoms. The quantitative estimate of drug-likeness (QED) is 0.893. The molecule has 19 heavy (non-hydrogen) atoms. The van der Waals surface area contributed by atoms with E-state index in [1.54, 1.807) is 7.11 Å². The molecule has 1 N–H and O–H groups in total. The van der Waals surface area contributed by atoms with Gasteiger partial charge < -0.3 is 9.84 Å². The van der Waals surface area contributed by atoms with Gasteiger partial charge in [0.2, 0.25) is 0 Å². The minimum absolute atomic E-state index is 0.345. The SMILES string of the molecule is COc1ccc([C@]2(O)CC(C)CCC2C(C)C)cc1. The van der Waals surface area contributed by atoms with Crippen molar-refractivity contribution in [3.05, 3.63) is 29.8 Å². The molecular weight excluding hydrogens is 236 g/mol. The Kier molecular flexibility index (Phi) is 4.19. The summed E-state index contributed by atoms with van der Waals surface area (Å²) in [5.74, 6) is 2.27. The lowest BCUT2D eigenvalue weighted by molar-refractivity contribution is -0.0865. The van der Waals surface area contributed by atoms with Crippen LogP contribution < -0.4 is 4.74 Å². The summed E-state index contributed by atoms with van der Waals surface area (Å²) >= 11 is 0. The van der Waals surface area contributed by atoms with E-state index in [9.17, 15) is 5.11 Å². The molecule has 0 amide bonds. The second-order valence-electron chi connectivity index (χ2n) is 6.39. The van der Waals surface area contributed by atoms with Gasteiger partial charge in [-0.15, -0.1) is 0 Å². The van der Waals surface area contributed by atoms with Gasteiger partial charge in [-0.3, -0.25) is 0 Å². The molecule has 0 aliphatic heterocycles. The summed E-state index contributed by atoms with van der Waals surface area (Å²) in [6, 6.07) is 7.94. The largest absolute Gasteiger partial charge is 0.497 e. The summed E-state index contributed by atoms with van der Waals surface area (Å²) in [5, 5.41) is 11.3. The van der Waals surface area contributed by atoms with Gasteiger partial charge in [0, 0.05) is 0 Å². The highest BCUT2D eigenvalue weighted by atomic mass is 16.5. The number of ether oxygens (including phenoxy) is 1. The standard InChI is InChI=1S/C17H26O2/c1-12(2)16-10-5-13(3)11-17(16,18)14-6-8-15(19-4)9-7-14/h6-9,12-13,16,18H,5,10-11H2,1-4H3/t13?,16?,17-/m1/s1. The first kappa shape index (κ1) is 14.4. The first-order valence-corrected chi connectivity index (χ1v) is 7.34. The average Bonchev–Trinajstić information content (AvgIpc) is 2.38. The first-order chi connectivity index (χ1) is 8.97. The number of hydrogen-bond donors (Lipinski definition) is 1. The van der Waals surface area contributed by atoms with Crippen LogP contribution in [0, 0.1) is 17.8 Å². The Morgan fingerprint density at radius 1 is 1.21 bits per heavy atom. The van der Waals surface area contributed by atoms with Crippen molar-refractivity contribution in [2.75, 3.05) is 7.11 Å². The lowest BCUT2D eigenvalue weighted by atomic mass is 9.64. The third-order valence-corrected chi connectivity index (χ3v) is 4.64. The Balaban J connectivity index is 2.34. The molecule has 106 valence electrons. The van der Waals surface area contributed by atoms with Crippen molar-refractivity contribution >= 4 is 0 Å². The van der Waals surface area contributed by atoms with Gasteiger partial charge in [0.15, 0.2) is 0 Å². The van der Waals surface area contributed by atoms with Crippen LogP contribution in [0.25, 0.3) is 0 Å². The summed E-state index contributed by atoms with van der Waals surface area (Å²) in [5.41, 5.74) is 0.358. The van der Waals surface area contributed by atoms with Gasteiger partial charge in [-0.25, -0.2) is 0 Å². The van der Waals surface area contributed by atoms with Crippen LogP contribution in [0.5, 0.6) is 5.75 Å². The van der Waals surface area contributed by atoms with Crippen molar-refractivity contribution < 1.29 is 9.84 Å². The normalized spacial score (nSPS) is 31.5. The van der Waals surface area contributed by atoms with E-state index in [2.05, 4.69) is 20.8 Å². The third kappa shape index (κ3) is 2.79. The Morgan fingerprint density at radius 3 is 2.37 bits per heavy atom. The van der Waals surface area contributed by atoms with Crippen LogP contribution in [0.3, 0.4) is 0 Å². The molecule has 3 atom stereocenters. The van der Waals surface area contributed by atoms with Crippen molar-refractivity contribution in [3.8, 4) is 5.75 Å². The molecule has 0 radical (unpaired) electrons. The van der Waals surface area contributed by atoms with Crippen LogP contribution in [0.2, 0.25) is 0 Å². The number of rotatable bonds is 3. The van der Waals surface area contributed by atoms with Crippen molar-refractivity contribution in [2.45, 2.75) is 45.6 Å². The van der Waals surface area contributed by atoms with Gasteiger partial charge >= 0.3 is 0 Å². The van der Waals surface area contributed by atoms with Gasteiger partial charge in [-0.05, 0) is 48.3 Å². The zero-order valence-corrected chi connectivity index (χ0v) is 12.5. The summed E-state index contributed by atoms with van der Waals surface area (Å²) in [6.45, 7) is 6.68. The van der Waals surface area contributed by atoms with Crippen LogP contribution in [0.4, 0.5) is 0 Å². The number of hydrogen-bond acceptors (Lipinski definition) is 2. The summed E-state index contributed by atoms with van der Waals surface area (Å²) in [6.07, 6.45) is 3.20. The summed E-state index contributed by atoms with van der Waals surface area (Å²) in [4.78, 5) is 0. The molecule has 0 aromatic heterocycles. The molecule has 1 aliphatic carbocycles. The van der Waals surface area contributed by atoms with Crippen LogP contribution >= 0.6 is 0 Å². The maximum Gasteiger partial charge on any atom is 0.118 e. The van der Waals surface area contributed by atoms with Gasteiger partial charge in [0.05, 0.1) is 12.7 Å². The molecule has 0 saturated heterocycles. The molecule has 1 saturated carbocycles. The van der Waals surface area contributed by atoms with Gasteiger partial charge in [0.1, 0.15) is 5.75 Å². The van der Waals surface area contributed by atoms with Crippen molar-refractivity contribution in [2.24, 2.45) is 17.8 Å². The minimum Gasteiger partial charge on any atom is -0.497 e. The molecule has 2 rings (SSSR count). The maximum absolute atomic E-state index is 11.3. The Labute approximate surface area is 116 Å². The predicted octanol–water partition coefficient (Wildman–Crippen LogP) is 3.98. The van der Waals surface area contributed by atoms with Crippen molar-refractivity contribution in [3.63, 3.8) is 0 Å². The molecule has 1 fully saturated rings. The Bertz CT molecular complexity index is 410. The van der Waals surface area contributed by atoms with E-state index < -0.39 is 5.60 Å². The molecule has 2 unspecified atom stereocenters. The second-order valence-corrected chi connectivity index (χ2v) is 6.39. The average molecular weight is 262 g/mol. The third-order valence-electron chi connectivity index (χ3n) is 4.64. The smallest absolute Gasteiger partial charge is 0.118 e. The van der Waals surface area contributed by atoms with E-state index in [1.807, 2.05) is 24.3 Å². The van der Waals surface area contributed by atoms with Gasteiger partial charge in [-0.2, -0.15) is 0 Å². The zero-order valence-electron chi connectivity index (χ0n) is 12.5. The topological polar surface area (TPSA) is 29.5 Å². The van der Waals surface area contributed by atoms with E-state index in [0.717, 1.165) is 24.2 Å². The van der Waals surface area contributed by atoms with E-state index >= 15 is 0 Å². The Morgan fingerprint density at radius 2 is 1.84 bits per heavy atom. The van der Waals surface area contributed by atoms with Crippen molar-refractivity contribution in [1.82, 2.24) is 0 Å². The summed E-state index contributed by atoms with van der Waals surface area (Å²) < 4.78 is 5.20. The molecule has 0 heterocycles. The molecular formula is C17H26O2. The molecule has 2 nitrogen and oxygen atoms in total. The van der Waals surface area contributed by atoms with E-state index in [0.29, 0.717) is 17.8 Å². The summed E-state index contributed by atoms with van der Waals surface area (Å²) in [7, 11) is 1.67. The van der Waals surface area contributed by atoms with Gasteiger partial charge in [0.25, 0.3) is 0 Å². The van der Waals surface area contributed by atoms with E-state index in [4.69, 9.17) is 4.74 Å². The highest BCUT2D eigenvalue weighted by Crippen LogP contribution is 2.47. The number of benzene rings is 1. The fourth-order valence-electron chi connectivity index (χ4n) is 3.58. The maximum atomic E-state index is 11.3. The van der Waals surface area contributed by atoms with Crippen molar-refractivity contribution in [1.29, 1.82) is 0 Å².